The van der Waals surface area contributed by atoms with Crippen LogP contribution < -0.4 is 5.32 Å². The smallest absolute Gasteiger partial charge is 0.225 e. The molecule has 0 aliphatic carbocycles. The zero-order chi connectivity index (χ0) is 14.7. The molecule has 1 aliphatic heterocycles. The van der Waals surface area contributed by atoms with Gasteiger partial charge < -0.3 is 15.1 Å². The molecule has 5 nitrogen and oxygen atoms in total. The zero-order valence-corrected chi connectivity index (χ0v) is 12.9. The van der Waals surface area contributed by atoms with E-state index in [1.807, 2.05) is 19.5 Å². The van der Waals surface area contributed by atoms with Crippen molar-refractivity contribution < 1.29 is 9.59 Å². The predicted molar refractivity (Wildman–Crippen MR) is 79.5 cm³/mol. The van der Waals surface area contributed by atoms with E-state index in [0.717, 1.165) is 0 Å². The Balaban J connectivity index is 1.90. The number of likely N-dealkylation sites (N-methyl/N-ethyl adjacent to an activating group) is 1. The largest absolute Gasteiger partial charge is 0.354 e. The molecule has 0 aromatic carbocycles. The lowest BCUT2D eigenvalue weighted by atomic mass is 10.1. The maximum absolute atomic E-state index is 12.1. The summed E-state index contributed by atoms with van der Waals surface area (Å²) in [6, 6.07) is 2.24. The monoisotopic (exact) mass is 295 g/mol. The van der Waals surface area contributed by atoms with Crippen molar-refractivity contribution in [3.05, 3.63) is 22.4 Å². The van der Waals surface area contributed by atoms with Crippen LogP contribution in [-0.2, 0) is 9.59 Å². The van der Waals surface area contributed by atoms with Crippen LogP contribution in [0.15, 0.2) is 16.8 Å². The summed E-state index contributed by atoms with van der Waals surface area (Å²) in [7, 11) is 5.74. The zero-order valence-electron chi connectivity index (χ0n) is 12.1. The molecule has 1 saturated heterocycles. The minimum Gasteiger partial charge on any atom is -0.354 e. The van der Waals surface area contributed by atoms with E-state index < -0.39 is 0 Å². The molecule has 0 radical (unpaired) electrons. The van der Waals surface area contributed by atoms with Gasteiger partial charge in [0.25, 0.3) is 0 Å². The van der Waals surface area contributed by atoms with Crippen LogP contribution in [-0.4, -0.2) is 55.8 Å². The van der Waals surface area contributed by atoms with E-state index in [0.29, 0.717) is 19.5 Å². The second kappa shape index (κ2) is 6.37. The molecule has 0 spiro atoms. The second-order valence-corrected chi connectivity index (χ2v) is 6.24. The number of rotatable bonds is 5. The van der Waals surface area contributed by atoms with Gasteiger partial charge in [-0.25, -0.2) is 0 Å². The maximum Gasteiger partial charge on any atom is 0.225 e. The van der Waals surface area contributed by atoms with Gasteiger partial charge in [-0.1, -0.05) is 0 Å². The quantitative estimate of drug-likeness (QED) is 0.880. The Morgan fingerprint density at radius 2 is 2.35 bits per heavy atom. The topological polar surface area (TPSA) is 52.7 Å². The Morgan fingerprint density at radius 1 is 1.60 bits per heavy atom. The van der Waals surface area contributed by atoms with Crippen LogP contribution in [0.5, 0.6) is 0 Å². The summed E-state index contributed by atoms with van der Waals surface area (Å²) in [6.45, 7) is 1.09. The van der Waals surface area contributed by atoms with E-state index in [2.05, 4.69) is 21.7 Å². The number of thiophene rings is 1. The van der Waals surface area contributed by atoms with E-state index in [9.17, 15) is 9.59 Å². The molecule has 1 aromatic heterocycles. The van der Waals surface area contributed by atoms with E-state index in [-0.39, 0.29) is 23.8 Å². The highest BCUT2D eigenvalue weighted by molar-refractivity contribution is 7.07. The average Bonchev–Trinajstić information content (AvgIpc) is 3.00. The molecule has 1 aromatic rings. The van der Waals surface area contributed by atoms with Crippen molar-refractivity contribution in [1.29, 1.82) is 0 Å². The summed E-state index contributed by atoms with van der Waals surface area (Å²) in [4.78, 5) is 27.3. The second-order valence-electron chi connectivity index (χ2n) is 5.46. The van der Waals surface area contributed by atoms with Crippen LogP contribution >= 0.6 is 11.3 Å². The van der Waals surface area contributed by atoms with Crippen LogP contribution in [0.4, 0.5) is 0 Å². The molecule has 20 heavy (non-hydrogen) atoms. The van der Waals surface area contributed by atoms with Gasteiger partial charge in [0.15, 0.2) is 0 Å². The first-order valence-corrected chi connectivity index (χ1v) is 7.63. The minimum absolute atomic E-state index is 0.0234. The van der Waals surface area contributed by atoms with E-state index in [4.69, 9.17) is 0 Å². The molecule has 0 unspecified atom stereocenters. The fourth-order valence-corrected chi connectivity index (χ4v) is 3.15. The molecule has 2 heterocycles. The molecular weight excluding hydrogens is 274 g/mol. The fraction of sp³-hybridized carbons (Fsp3) is 0.571. The van der Waals surface area contributed by atoms with Crippen molar-refractivity contribution in [3.8, 4) is 0 Å². The highest BCUT2D eigenvalue weighted by Crippen LogP contribution is 2.21. The van der Waals surface area contributed by atoms with Gasteiger partial charge in [-0.05, 0) is 36.5 Å². The Kier molecular flexibility index (Phi) is 4.77. The molecule has 1 fully saturated rings. The SMILES string of the molecule is CN1C[C@@H](C(=O)NC[C@H](c2ccsc2)N(C)C)CC1=O. The normalized spacial score (nSPS) is 20.5. The summed E-state index contributed by atoms with van der Waals surface area (Å²) < 4.78 is 0. The molecule has 1 N–H and O–H groups in total. The van der Waals surface area contributed by atoms with Crippen LogP contribution in [0.2, 0.25) is 0 Å². The van der Waals surface area contributed by atoms with Crippen molar-refractivity contribution in [2.45, 2.75) is 12.5 Å². The van der Waals surface area contributed by atoms with Crippen LogP contribution in [0.3, 0.4) is 0 Å². The first-order chi connectivity index (χ1) is 9.49. The van der Waals surface area contributed by atoms with Gasteiger partial charge in [0.1, 0.15) is 0 Å². The molecule has 0 saturated carbocycles. The Bertz CT molecular complexity index is 473. The molecule has 0 bridgehead atoms. The van der Waals surface area contributed by atoms with Gasteiger partial charge in [-0.3, -0.25) is 9.59 Å². The van der Waals surface area contributed by atoms with Gasteiger partial charge in [-0.15, -0.1) is 0 Å². The minimum atomic E-state index is -0.210. The van der Waals surface area contributed by atoms with Gasteiger partial charge in [0, 0.05) is 26.6 Å². The number of likely N-dealkylation sites (tertiary alicyclic amines) is 1. The number of amides is 2. The average molecular weight is 295 g/mol. The first-order valence-electron chi connectivity index (χ1n) is 6.69. The molecule has 110 valence electrons. The maximum atomic E-state index is 12.1. The lowest BCUT2D eigenvalue weighted by Gasteiger charge is -2.24. The van der Waals surface area contributed by atoms with Gasteiger partial charge in [-0.2, -0.15) is 11.3 Å². The van der Waals surface area contributed by atoms with E-state index in [1.165, 1.54) is 5.56 Å². The Hall–Kier alpha value is -1.40. The van der Waals surface area contributed by atoms with Crippen LogP contribution in [0.25, 0.3) is 0 Å². The van der Waals surface area contributed by atoms with Crippen molar-refractivity contribution >= 4 is 23.2 Å². The van der Waals surface area contributed by atoms with Crippen LogP contribution in [0, 0.1) is 5.92 Å². The number of nitrogens with zero attached hydrogens (tertiary/aromatic N) is 2. The molecule has 2 amide bonds. The van der Waals surface area contributed by atoms with E-state index >= 15 is 0 Å². The van der Waals surface area contributed by atoms with Crippen molar-refractivity contribution in [2.24, 2.45) is 5.92 Å². The number of nitrogens with one attached hydrogen (secondary N) is 1. The summed E-state index contributed by atoms with van der Waals surface area (Å²) >= 11 is 1.65. The van der Waals surface area contributed by atoms with Gasteiger partial charge >= 0.3 is 0 Å². The van der Waals surface area contributed by atoms with Gasteiger partial charge in [0.2, 0.25) is 11.8 Å². The van der Waals surface area contributed by atoms with Crippen molar-refractivity contribution in [1.82, 2.24) is 15.1 Å². The Morgan fingerprint density at radius 3 is 2.85 bits per heavy atom. The highest BCUT2D eigenvalue weighted by Gasteiger charge is 2.32. The van der Waals surface area contributed by atoms with Crippen molar-refractivity contribution in [2.75, 3.05) is 34.2 Å². The van der Waals surface area contributed by atoms with Gasteiger partial charge in [0.05, 0.1) is 12.0 Å². The Labute approximate surface area is 123 Å². The number of hydrogen-bond acceptors (Lipinski definition) is 4. The third-order valence-electron chi connectivity index (χ3n) is 3.73. The molecular formula is C14H21N3O2S. The number of hydrogen-bond donors (Lipinski definition) is 1. The third-order valence-corrected chi connectivity index (χ3v) is 4.43. The van der Waals surface area contributed by atoms with Crippen molar-refractivity contribution in [3.63, 3.8) is 0 Å². The standard InChI is InChI=1S/C14H21N3O2S/c1-16(2)12(10-4-5-20-9-10)7-15-14(19)11-6-13(18)17(3)8-11/h4-5,9,11-12H,6-8H2,1-3H3,(H,15,19)/t11-,12+/m0/s1. The molecule has 2 atom stereocenters. The van der Waals surface area contributed by atoms with E-state index in [1.54, 1.807) is 23.3 Å². The summed E-state index contributed by atoms with van der Waals surface area (Å²) in [6.07, 6.45) is 0.327. The summed E-state index contributed by atoms with van der Waals surface area (Å²) in [5.74, 6) is -0.185. The third kappa shape index (κ3) is 3.37. The molecule has 2 rings (SSSR count). The lowest BCUT2D eigenvalue weighted by Crippen LogP contribution is -2.38. The highest BCUT2D eigenvalue weighted by atomic mass is 32.1. The fourth-order valence-electron chi connectivity index (χ4n) is 2.44. The predicted octanol–water partition coefficient (Wildman–Crippen LogP) is 0.945. The summed E-state index contributed by atoms with van der Waals surface area (Å²) in [5.41, 5.74) is 1.21. The lowest BCUT2D eigenvalue weighted by molar-refractivity contribution is -0.128. The molecule has 6 heteroatoms. The summed E-state index contributed by atoms with van der Waals surface area (Å²) in [5, 5.41) is 7.12. The molecule has 1 aliphatic rings. The number of carbonyl (C=O) groups excluding carboxylic acids is 2. The number of carbonyl (C=O) groups is 2. The van der Waals surface area contributed by atoms with Crippen LogP contribution in [0.1, 0.15) is 18.0 Å². The first kappa shape index (κ1) is 15.0.